The van der Waals surface area contributed by atoms with Crippen LogP contribution in [-0.2, 0) is 19.1 Å². The van der Waals surface area contributed by atoms with Crippen LogP contribution in [0.15, 0.2) is 12.2 Å². The summed E-state index contributed by atoms with van der Waals surface area (Å²) in [5.74, 6) is -0.780. The Morgan fingerprint density at radius 1 is 1.11 bits per heavy atom. The SMILES string of the molecule is CCOCOC(=O)/C=C\C(=O)N(C(C)C)C(C)C. The molecule has 0 rings (SSSR count). The van der Waals surface area contributed by atoms with Crippen molar-refractivity contribution in [2.24, 2.45) is 0 Å². The Kier molecular flexibility index (Phi) is 8.03. The van der Waals surface area contributed by atoms with Gasteiger partial charge in [0.1, 0.15) is 0 Å². The quantitative estimate of drug-likeness (QED) is 0.301. The van der Waals surface area contributed by atoms with Gasteiger partial charge in [-0.3, -0.25) is 4.79 Å². The van der Waals surface area contributed by atoms with Gasteiger partial charge in [0.2, 0.25) is 5.91 Å². The second kappa shape index (κ2) is 8.69. The Morgan fingerprint density at radius 3 is 2.11 bits per heavy atom. The number of nitrogens with zero attached hydrogens (tertiary/aromatic N) is 1. The lowest BCUT2D eigenvalue weighted by atomic mass is 10.2. The second-order valence-corrected chi connectivity index (χ2v) is 4.34. The maximum absolute atomic E-state index is 11.9. The molecule has 0 radical (unpaired) electrons. The van der Waals surface area contributed by atoms with Gasteiger partial charge in [0, 0.05) is 30.8 Å². The number of amides is 1. The predicted molar refractivity (Wildman–Crippen MR) is 68.8 cm³/mol. The van der Waals surface area contributed by atoms with Crippen molar-refractivity contribution in [1.29, 1.82) is 0 Å². The average molecular weight is 257 g/mol. The smallest absolute Gasteiger partial charge is 0.333 e. The molecular weight excluding hydrogens is 234 g/mol. The van der Waals surface area contributed by atoms with Crippen LogP contribution in [0.2, 0.25) is 0 Å². The molecule has 0 spiro atoms. The van der Waals surface area contributed by atoms with Crippen LogP contribution in [0.1, 0.15) is 34.6 Å². The standard InChI is InChI=1S/C13H23NO4/c1-6-17-9-18-13(16)8-7-12(15)14(10(2)3)11(4)5/h7-8,10-11H,6,9H2,1-5H3/b8-7-. The third kappa shape index (κ3) is 6.39. The van der Waals surface area contributed by atoms with Crippen LogP contribution in [-0.4, -0.2) is 42.3 Å². The maximum Gasteiger partial charge on any atom is 0.333 e. The van der Waals surface area contributed by atoms with Gasteiger partial charge in [-0.05, 0) is 34.6 Å². The minimum Gasteiger partial charge on any atom is -0.435 e. The predicted octanol–water partition coefficient (Wildman–Crippen LogP) is 1.73. The third-order valence-electron chi connectivity index (χ3n) is 2.22. The van der Waals surface area contributed by atoms with Gasteiger partial charge in [-0.2, -0.15) is 0 Å². The average Bonchev–Trinajstić information content (AvgIpc) is 2.25. The lowest BCUT2D eigenvalue weighted by Crippen LogP contribution is -2.41. The van der Waals surface area contributed by atoms with E-state index in [-0.39, 0.29) is 24.8 Å². The van der Waals surface area contributed by atoms with Crippen molar-refractivity contribution in [2.75, 3.05) is 13.4 Å². The molecular formula is C13H23NO4. The van der Waals surface area contributed by atoms with Crippen molar-refractivity contribution < 1.29 is 19.1 Å². The van der Waals surface area contributed by atoms with E-state index >= 15 is 0 Å². The number of hydrogen-bond donors (Lipinski definition) is 0. The molecule has 18 heavy (non-hydrogen) atoms. The first kappa shape index (κ1) is 16.6. The maximum atomic E-state index is 11.9. The number of carbonyl (C=O) groups excluding carboxylic acids is 2. The lowest BCUT2D eigenvalue weighted by Gasteiger charge is -2.29. The van der Waals surface area contributed by atoms with Crippen molar-refractivity contribution in [2.45, 2.75) is 46.7 Å². The van der Waals surface area contributed by atoms with E-state index in [0.29, 0.717) is 6.61 Å². The van der Waals surface area contributed by atoms with Crippen molar-refractivity contribution in [3.05, 3.63) is 12.2 Å². The van der Waals surface area contributed by atoms with Gasteiger partial charge < -0.3 is 14.4 Å². The Bertz CT molecular complexity index is 289. The molecule has 0 unspecified atom stereocenters. The van der Waals surface area contributed by atoms with Crippen LogP contribution < -0.4 is 0 Å². The summed E-state index contributed by atoms with van der Waals surface area (Å²) in [4.78, 5) is 24.8. The van der Waals surface area contributed by atoms with Crippen LogP contribution in [0.5, 0.6) is 0 Å². The summed E-state index contributed by atoms with van der Waals surface area (Å²) < 4.78 is 9.58. The zero-order chi connectivity index (χ0) is 14.1. The number of esters is 1. The van der Waals surface area contributed by atoms with E-state index in [1.807, 2.05) is 27.7 Å². The number of carbonyl (C=O) groups is 2. The van der Waals surface area contributed by atoms with Crippen molar-refractivity contribution in [3.63, 3.8) is 0 Å². The molecule has 104 valence electrons. The molecule has 5 nitrogen and oxygen atoms in total. The summed E-state index contributed by atoms with van der Waals surface area (Å²) >= 11 is 0. The molecule has 0 aromatic rings. The highest BCUT2D eigenvalue weighted by atomic mass is 16.7. The summed E-state index contributed by atoms with van der Waals surface area (Å²) in [6, 6.07) is 0.170. The first-order valence-corrected chi connectivity index (χ1v) is 6.15. The summed E-state index contributed by atoms with van der Waals surface area (Å²) in [6.45, 7) is 9.91. The van der Waals surface area contributed by atoms with Crippen LogP contribution in [0, 0.1) is 0 Å². The highest BCUT2D eigenvalue weighted by Gasteiger charge is 2.17. The molecule has 1 amide bonds. The number of hydrogen-bond acceptors (Lipinski definition) is 4. The lowest BCUT2D eigenvalue weighted by molar-refractivity contribution is -0.150. The van der Waals surface area contributed by atoms with Crippen molar-refractivity contribution >= 4 is 11.9 Å². The number of rotatable bonds is 7. The largest absolute Gasteiger partial charge is 0.435 e. The van der Waals surface area contributed by atoms with Gasteiger partial charge in [-0.1, -0.05) is 0 Å². The molecule has 0 heterocycles. The Balaban J connectivity index is 4.31. The van der Waals surface area contributed by atoms with E-state index < -0.39 is 5.97 Å². The molecule has 0 saturated heterocycles. The Labute approximate surface area is 109 Å². The molecule has 5 heteroatoms. The monoisotopic (exact) mass is 257 g/mol. The van der Waals surface area contributed by atoms with Gasteiger partial charge in [0.15, 0.2) is 6.79 Å². The van der Waals surface area contributed by atoms with Crippen LogP contribution in [0.25, 0.3) is 0 Å². The molecule has 0 aromatic carbocycles. The summed E-state index contributed by atoms with van der Waals surface area (Å²) in [7, 11) is 0. The van der Waals surface area contributed by atoms with Crippen LogP contribution in [0.4, 0.5) is 0 Å². The summed E-state index contributed by atoms with van der Waals surface area (Å²) in [5, 5.41) is 0. The van der Waals surface area contributed by atoms with Crippen molar-refractivity contribution in [3.8, 4) is 0 Å². The molecule has 0 bridgehead atoms. The number of ether oxygens (including phenoxy) is 2. The fourth-order valence-corrected chi connectivity index (χ4v) is 1.56. The minimum atomic E-state index is -0.579. The molecule has 0 fully saturated rings. The van der Waals surface area contributed by atoms with E-state index in [1.165, 1.54) is 6.08 Å². The Hall–Kier alpha value is -1.36. The molecule has 0 aromatic heterocycles. The van der Waals surface area contributed by atoms with E-state index in [2.05, 4.69) is 0 Å². The van der Waals surface area contributed by atoms with E-state index in [4.69, 9.17) is 9.47 Å². The zero-order valence-electron chi connectivity index (χ0n) is 11.8. The second-order valence-electron chi connectivity index (χ2n) is 4.34. The summed E-state index contributed by atoms with van der Waals surface area (Å²) in [6.07, 6.45) is 2.35. The molecule has 0 saturated carbocycles. The highest BCUT2D eigenvalue weighted by molar-refractivity contribution is 5.94. The third-order valence-corrected chi connectivity index (χ3v) is 2.22. The van der Waals surface area contributed by atoms with Gasteiger partial charge in [0.05, 0.1) is 0 Å². The minimum absolute atomic E-state index is 0.0848. The first-order valence-electron chi connectivity index (χ1n) is 6.15. The first-order chi connectivity index (χ1) is 8.40. The van der Waals surface area contributed by atoms with E-state index in [9.17, 15) is 9.59 Å². The fourth-order valence-electron chi connectivity index (χ4n) is 1.56. The molecule has 0 atom stereocenters. The van der Waals surface area contributed by atoms with E-state index in [0.717, 1.165) is 6.08 Å². The van der Waals surface area contributed by atoms with Gasteiger partial charge in [0.25, 0.3) is 0 Å². The normalized spacial score (nSPS) is 11.3. The molecule has 0 aliphatic rings. The van der Waals surface area contributed by atoms with Crippen molar-refractivity contribution in [1.82, 2.24) is 4.90 Å². The molecule has 0 aliphatic carbocycles. The molecule has 0 N–H and O–H groups in total. The van der Waals surface area contributed by atoms with E-state index in [1.54, 1.807) is 11.8 Å². The highest BCUT2D eigenvalue weighted by Crippen LogP contribution is 2.06. The Morgan fingerprint density at radius 2 is 1.67 bits per heavy atom. The summed E-state index contributed by atoms with van der Waals surface area (Å²) in [5.41, 5.74) is 0. The fraction of sp³-hybridized carbons (Fsp3) is 0.692. The molecule has 0 aliphatic heterocycles. The van der Waals surface area contributed by atoms with Gasteiger partial charge in [-0.15, -0.1) is 0 Å². The van der Waals surface area contributed by atoms with Crippen LogP contribution in [0.3, 0.4) is 0 Å². The zero-order valence-corrected chi connectivity index (χ0v) is 11.8. The van der Waals surface area contributed by atoms with Gasteiger partial charge in [-0.25, -0.2) is 4.79 Å². The van der Waals surface area contributed by atoms with Crippen LogP contribution >= 0.6 is 0 Å². The van der Waals surface area contributed by atoms with Gasteiger partial charge >= 0.3 is 5.97 Å². The topological polar surface area (TPSA) is 55.8 Å².